The summed E-state index contributed by atoms with van der Waals surface area (Å²) in [6.45, 7) is 2.60. The highest BCUT2D eigenvalue weighted by molar-refractivity contribution is 5.84. The first-order chi connectivity index (χ1) is 14.2. The van der Waals surface area contributed by atoms with Gasteiger partial charge in [0.1, 0.15) is 17.6 Å². The third-order valence-electron chi connectivity index (χ3n) is 5.92. The molecule has 1 aliphatic heterocycles. The fraction of sp³-hybridized carbons (Fsp3) is 0.500. The maximum Gasteiger partial charge on any atom is 0.317 e. The second kappa shape index (κ2) is 8.56. The van der Waals surface area contributed by atoms with Crippen LogP contribution in [0.4, 0.5) is 10.6 Å². The second-order valence-electron chi connectivity index (χ2n) is 7.79. The lowest BCUT2D eigenvalue weighted by Crippen LogP contribution is -2.54. The van der Waals surface area contributed by atoms with Crippen LogP contribution >= 0.6 is 0 Å². The van der Waals surface area contributed by atoms with Crippen molar-refractivity contribution in [3.05, 3.63) is 29.8 Å². The number of ether oxygens (including phenoxy) is 1. The van der Waals surface area contributed by atoms with Crippen molar-refractivity contribution in [2.45, 2.75) is 38.1 Å². The third-order valence-corrected chi connectivity index (χ3v) is 5.92. The molecule has 7 nitrogen and oxygen atoms in total. The average molecular weight is 393 g/mol. The molecule has 7 heteroatoms. The van der Waals surface area contributed by atoms with Crippen molar-refractivity contribution in [3.63, 3.8) is 0 Å². The zero-order valence-electron chi connectivity index (χ0n) is 16.9. The van der Waals surface area contributed by atoms with Crippen molar-refractivity contribution in [1.29, 1.82) is 5.26 Å². The minimum atomic E-state index is 0.0376. The summed E-state index contributed by atoms with van der Waals surface area (Å²) < 4.78 is 5.27. The van der Waals surface area contributed by atoms with Crippen LogP contribution in [0.1, 0.15) is 37.7 Å². The molecule has 29 heavy (non-hydrogen) atoms. The number of piperazine rings is 1. The molecule has 1 aromatic carbocycles. The summed E-state index contributed by atoms with van der Waals surface area (Å²) in [5.74, 6) is 1.44. The van der Waals surface area contributed by atoms with E-state index in [4.69, 9.17) is 9.72 Å². The summed E-state index contributed by atoms with van der Waals surface area (Å²) in [5.41, 5.74) is 1.38. The Morgan fingerprint density at radius 3 is 2.62 bits per heavy atom. The number of rotatable bonds is 3. The van der Waals surface area contributed by atoms with E-state index >= 15 is 0 Å². The van der Waals surface area contributed by atoms with E-state index in [1.54, 1.807) is 7.11 Å². The number of hydrogen-bond acceptors (Lipinski definition) is 5. The molecule has 0 atom stereocenters. The Kier molecular flexibility index (Phi) is 5.70. The van der Waals surface area contributed by atoms with E-state index in [9.17, 15) is 10.1 Å². The predicted octanol–water partition coefficient (Wildman–Crippen LogP) is 3.28. The Bertz CT molecular complexity index is 925. The second-order valence-corrected chi connectivity index (χ2v) is 7.79. The minimum Gasteiger partial charge on any atom is -0.497 e. The Hall–Kier alpha value is -3.01. The molecule has 1 saturated heterocycles. The molecule has 2 aliphatic rings. The van der Waals surface area contributed by atoms with E-state index in [1.165, 1.54) is 19.3 Å². The minimum absolute atomic E-state index is 0.0376. The van der Waals surface area contributed by atoms with Gasteiger partial charge in [0.05, 0.1) is 18.2 Å². The van der Waals surface area contributed by atoms with Gasteiger partial charge in [0.25, 0.3) is 0 Å². The first-order valence-corrected chi connectivity index (χ1v) is 10.4. The number of nitrogens with zero attached hydrogens (tertiary/aromatic N) is 4. The van der Waals surface area contributed by atoms with E-state index in [-0.39, 0.29) is 6.03 Å². The normalized spacial score (nSPS) is 17.8. The fourth-order valence-electron chi connectivity index (χ4n) is 4.23. The van der Waals surface area contributed by atoms with Crippen molar-refractivity contribution >= 4 is 22.8 Å². The zero-order chi connectivity index (χ0) is 20.2. The molecule has 2 fully saturated rings. The van der Waals surface area contributed by atoms with Gasteiger partial charge in [-0.3, -0.25) is 0 Å². The number of anilines is 1. The highest BCUT2D eigenvalue weighted by Gasteiger charge is 2.25. The van der Waals surface area contributed by atoms with Crippen LogP contribution in [0.3, 0.4) is 0 Å². The van der Waals surface area contributed by atoms with Crippen LogP contribution in [0.2, 0.25) is 0 Å². The van der Waals surface area contributed by atoms with Crippen LogP contribution in [0.5, 0.6) is 5.75 Å². The molecular weight excluding hydrogens is 366 g/mol. The first kappa shape index (κ1) is 19.3. The Labute approximate surface area is 171 Å². The van der Waals surface area contributed by atoms with Crippen LogP contribution in [0, 0.1) is 11.3 Å². The summed E-state index contributed by atoms with van der Waals surface area (Å²) in [7, 11) is 1.62. The number of pyridine rings is 1. The highest BCUT2D eigenvalue weighted by Crippen LogP contribution is 2.27. The molecule has 4 rings (SSSR count). The number of benzene rings is 1. The quantitative estimate of drug-likeness (QED) is 0.865. The van der Waals surface area contributed by atoms with E-state index in [0.29, 0.717) is 43.6 Å². The summed E-state index contributed by atoms with van der Waals surface area (Å²) in [5, 5.41) is 13.7. The van der Waals surface area contributed by atoms with Gasteiger partial charge >= 0.3 is 6.03 Å². The summed E-state index contributed by atoms with van der Waals surface area (Å²) in [6, 6.07) is 10.2. The van der Waals surface area contributed by atoms with Gasteiger partial charge in [0, 0.05) is 37.6 Å². The smallest absolute Gasteiger partial charge is 0.317 e. The topological polar surface area (TPSA) is 81.5 Å². The molecular formula is C22H27N5O2. The van der Waals surface area contributed by atoms with Gasteiger partial charge in [-0.1, -0.05) is 19.3 Å². The van der Waals surface area contributed by atoms with Gasteiger partial charge in [0.15, 0.2) is 0 Å². The van der Waals surface area contributed by atoms with Crippen molar-refractivity contribution in [2.75, 3.05) is 38.2 Å². The fourth-order valence-corrected chi connectivity index (χ4v) is 4.23. The van der Waals surface area contributed by atoms with E-state index < -0.39 is 0 Å². The van der Waals surface area contributed by atoms with Gasteiger partial charge in [-0.15, -0.1) is 0 Å². The van der Waals surface area contributed by atoms with Crippen LogP contribution < -0.4 is 15.0 Å². The molecule has 0 spiro atoms. The van der Waals surface area contributed by atoms with Crippen molar-refractivity contribution < 1.29 is 9.53 Å². The van der Waals surface area contributed by atoms with Gasteiger partial charge in [0.2, 0.25) is 0 Å². The van der Waals surface area contributed by atoms with Crippen molar-refractivity contribution in [3.8, 4) is 11.8 Å². The number of nitriles is 1. The zero-order valence-corrected chi connectivity index (χ0v) is 16.9. The molecule has 0 bridgehead atoms. The molecule has 1 aliphatic carbocycles. The maximum absolute atomic E-state index is 12.6. The van der Waals surface area contributed by atoms with Gasteiger partial charge < -0.3 is 19.9 Å². The number of hydrogen-bond donors (Lipinski definition) is 1. The van der Waals surface area contributed by atoms with Crippen LogP contribution in [0.25, 0.3) is 10.9 Å². The molecule has 1 N–H and O–H groups in total. The molecule has 1 saturated carbocycles. The van der Waals surface area contributed by atoms with E-state index in [2.05, 4.69) is 16.3 Å². The van der Waals surface area contributed by atoms with Gasteiger partial charge in [-0.25, -0.2) is 9.78 Å². The molecule has 2 amide bonds. The number of nitrogens with one attached hydrogen (secondary N) is 1. The predicted molar refractivity (Wildman–Crippen MR) is 112 cm³/mol. The number of amides is 2. The van der Waals surface area contributed by atoms with Crippen LogP contribution in [-0.2, 0) is 0 Å². The number of aromatic nitrogens is 1. The number of methoxy groups -OCH3 is 1. The van der Waals surface area contributed by atoms with E-state index in [1.807, 2.05) is 29.2 Å². The lowest BCUT2D eigenvalue weighted by Gasteiger charge is -2.36. The van der Waals surface area contributed by atoms with Crippen molar-refractivity contribution in [2.24, 2.45) is 0 Å². The monoisotopic (exact) mass is 393 g/mol. The summed E-state index contributed by atoms with van der Waals surface area (Å²) >= 11 is 0. The number of carbonyl (C=O) groups excluding carboxylic acids is 1. The third kappa shape index (κ3) is 4.21. The Balaban J connectivity index is 1.44. The van der Waals surface area contributed by atoms with Gasteiger partial charge in [-0.05, 0) is 37.1 Å². The Morgan fingerprint density at radius 1 is 1.17 bits per heavy atom. The standard InChI is InChI=1S/C22H27N5O2/c1-29-19-7-8-20-16(14-19)13-17(15-23)21(25-20)26-9-11-27(12-10-26)22(28)24-18-5-3-2-4-6-18/h7-8,13-14,18H,2-6,9-12H2,1H3,(H,24,28). The average Bonchev–Trinajstić information content (AvgIpc) is 2.78. The number of urea groups is 1. The van der Waals surface area contributed by atoms with Crippen molar-refractivity contribution in [1.82, 2.24) is 15.2 Å². The Morgan fingerprint density at radius 2 is 1.93 bits per heavy atom. The number of fused-ring (bicyclic) bond motifs is 1. The van der Waals surface area contributed by atoms with Crippen LogP contribution in [0.15, 0.2) is 24.3 Å². The van der Waals surface area contributed by atoms with Crippen LogP contribution in [-0.4, -0.2) is 55.2 Å². The first-order valence-electron chi connectivity index (χ1n) is 10.4. The molecule has 1 aromatic heterocycles. The number of carbonyl (C=O) groups is 1. The lowest BCUT2D eigenvalue weighted by atomic mass is 9.96. The highest BCUT2D eigenvalue weighted by atomic mass is 16.5. The van der Waals surface area contributed by atoms with E-state index in [0.717, 1.165) is 29.5 Å². The lowest BCUT2D eigenvalue weighted by molar-refractivity contribution is 0.186. The molecule has 2 aromatic rings. The summed E-state index contributed by atoms with van der Waals surface area (Å²) in [4.78, 5) is 21.3. The molecule has 152 valence electrons. The largest absolute Gasteiger partial charge is 0.497 e. The summed E-state index contributed by atoms with van der Waals surface area (Å²) in [6.07, 6.45) is 5.86. The molecule has 0 unspecified atom stereocenters. The molecule has 2 heterocycles. The SMILES string of the molecule is COc1ccc2nc(N3CCN(C(=O)NC4CCCCC4)CC3)c(C#N)cc2c1. The van der Waals surface area contributed by atoms with Gasteiger partial charge in [-0.2, -0.15) is 5.26 Å². The molecule has 0 radical (unpaired) electrons. The maximum atomic E-state index is 12.6.